The number of amides is 2. The topological polar surface area (TPSA) is 87.3 Å². The van der Waals surface area contributed by atoms with Crippen molar-refractivity contribution in [2.24, 2.45) is 0 Å². The molecule has 0 spiro atoms. The van der Waals surface area contributed by atoms with Gasteiger partial charge in [-0.1, -0.05) is 41.6 Å². The average Bonchev–Trinajstić information content (AvgIpc) is 3.33. The van der Waals surface area contributed by atoms with Crippen molar-refractivity contribution in [1.82, 2.24) is 0 Å². The molecular formula is C22H18ClN3O3S2. The van der Waals surface area contributed by atoms with Crippen molar-refractivity contribution in [2.45, 2.75) is 24.1 Å². The number of ketones is 1. The van der Waals surface area contributed by atoms with Crippen LogP contribution < -0.4 is 16.0 Å². The summed E-state index contributed by atoms with van der Waals surface area (Å²) in [5, 5.41) is 11.2. The summed E-state index contributed by atoms with van der Waals surface area (Å²) >= 11 is 8.60. The van der Waals surface area contributed by atoms with Gasteiger partial charge in [0.1, 0.15) is 5.00 Å². The van der Waals surface area contributed by atoms with Crippen molar-refractivity contribution < 1.29 is 14.4 Å². The lowest BCUT2D eigenvalue weighted by atomic mass is 10.0. The van der Waals surface area contributed by atoms with Crippen LogP contribution in [-0.2, 0) is 9.59 Å². The van der Waals surface area contributed by atoms with E-state index in [0.29, 0.717) is 21.3 Å². The highest BCUT2D eigenvalue weighted by atomic mass is 35.5. The maximum absolute atomic E-state index is 13.0. The maximum atomic E-state index is 13.0. The Morgan fingerprint density at radius 2 is 1.77 bits per heavy atom. The van der Waals surface area contributed by atoms with Crippen LogP contribution in [0.15, 0.2) is 52.7 Å². The zero-order valence-corrected chi connectivity index (χ0v) is 19.0. The molecule has 2 amide bonds. The zero-order valence-electron chi connectivity index (χ0n) is 16.6. The van der Waals surface area contributed by atoms with E-state index in [2.05, 4.69) is 16.0 Å². The molecule has 1 unspecified atom stereocenters. The second-order valence-electron chi connectivity index (χ2n) is 6.91. The van der Waals surface area contributed by atoms with Gasteiger partial charge in [-0.05, 0) is 36.8 Å². The molecule has 0 saturated heterocycles. The van der Waals surface area contributed by atoms with E-state index in [9.17, 15) is 14.4 Å². The number of fused-ring (bicyclic) bond motifs is 1. The van der Waals surface area contributed by atoms with Gasteiger partial charge in [0.2, 0.25) is 5.91 Å². The standard InChI is InChI=1S/C22H18ClN3O3S2/c1-11(27)18-15(13-6-8-14(23)9-7-13)10-30-21(18)26-20(29)22-25-17-5-3-4-16(19(17)31-22)24-12(2)28/h3-10,22,25H,1-2H3,(H,24,28)(H,26,29). The highest BCUT2D eigenvalue weighted by Crippen LogP contribution is 2.44. The van der Waals surface area contributed by atoms with Gasteiger partial charge in [-0.15, -0.1) is 11.3 Å². The lowest BCUT2D eigenvalue weighted by Gasteiger charge is -2.11. The van der Waals surface area contributed by atoms with Gasteiger partial charge < -0.3 is 16.0 Å². The number of rotatable bonds is 5. The first-order valence-electron chi connectivity index (χ1n) is 9.36. The molecule has 9 heteroatoms. The summed E-state index contributed by atoms with van der Waals surface area (Å²) < 4.78 is 0. The first kappa shape index (κ1) is 21.4. The molecule has 1 aliphatic heterocycles. The number of thioether (sulfide) groups is 1. The Morgan fingerprint density at radius 3 is 2.45 bits per heavy atom. The van der Waals surface area contributed by atoms with E-state index in [0.717, 1.165) is 21.7 Å². The fourth-order valence-corrected chi connectivity index (χ4v) is 5.53. The Balaban J connectivity index is 1.56. The molecule has 158 valence electrons. The molecule has 2 aromatic carbocycles. The van der Waals surface area contributed by atoms with Crippen LogP contribution in [0, 0.1) is 0 Å². The second-order valence-corrected chi connectivity index (χ2v) is 9.34. The summed E-state index contributed by atoms with van der Waals surface area (Å²) in [7, 11) is 0. The number of benzene rings is 2. The lowest BCUT2D eigenvalue weighted by molar-refractivity contribution is -0.115. The first-order valence-corrected chi connectivity index (χ1v) is 11.5. The first-order chi connectivity index (χ1) is 14.8. The van der Waals surface area contributed by atoms with E-state index in [1.165, 1.54) is 36.9 Å². The predicted octanol–water partition coefficient (Wildman–Crippen LogP) is 5.71. The molecule has 0 radical (unpaired) electrons. The molecule has 0 fully saturated rings. The largest absolute Gasteiger partial charge is 0.364 e. The van der Waals surface area contributed by atoms with Crippen molar-refractivity contribution in [3.63, 3.8) is 0 Å². The Kier molecular flexibility index (Phi) is 6.04. The molecule has 2 heterocycles. The van der Waals surface area contributed by atoms with Gasteiger partial charge in [-0.25, -0.2) is 0 Å². The second kappa shape index (κ2) is 8.74. The fraction of sp³-hybridized carbons (Fsp3) is 0.136. The third kappa shape index (κ3) is 4.46. The maximum Gasteiger partial charge on any atom is 0.258 e. The minimum absolute atomic E-state index is 0.134. The molecule has 0 bridgehead atoms. The summed E-state index contributed by atoms with van der Waals surface area (Å²) in [5.41, 5.74) is 3.51. The van der Waals surface area contributed by atoms with E-state index in [4.69, 9.17) is 11.6 Å². The molecular weight excluding hydrogens is 454 g/mol. The van der Waals surface area contributed by atoms with Gasteiger partial charge in [-0.2, -0.15) is 0 Å². The number of carbonyl (C=O) groups excluding carboxylic acids is 3. The van der Waals surface area contributed by atoms with Crippen LogP contribution in [0.5, 0.6) is 0 Å². The third-order valence-corrected chi connectivity index (χ3v) is 7.01. The minimum atomic E-state index is -0.592. The van der Waals surface area contributed by atoms with E-state index < -0.39 is 5.37 Å². The Morgan fingerprint density at radius 1 is 1.03 bits per heavy atom. The van der Waals surface area contributed by atoms with Gasteiger partial charge in [0, 0.05) is 22.9 Å². The van der Waals surface area contributed by atoms with Gasteiger partial charge in [0.25, 0.3) is 5.91 Å². The fourth-order valence-electron chi connectivity index (χ4n) is 3.29. The highest BCUT2D eigenvalue weighted by molar-refractivity contribution is 8.01. The van der Waals surface area contributed by atoms with Crippen LogP contribution >= 0.6 is 34.7 Å². The summed E-state index contributed by atoms with van der Waals surface area (Å²) in [6.07, 6.45) is 0. The Hall–Kier alpha value is -2.81. The molecule has 4 rings (SSSR count). The van der Waals surface area contributed by atoms with E-state index in [-0.39, 0.29) is 17.6 Å². The number of anilines is 3. The quantitative estimate of drug-likeness (QED) is 0.415. The monoisotopic (exact) mass is 471 g/mol. The van der Waals surface area contributed by atoms with Crippen LogP contribution in [0.1, 0.15) is 24.2 Å². The van der Waals surface area contributed by atoms with E-state index in [1.807, 2.05) is 29.6 Å². The Labute approximate surface area is 192 Å². The molecule has 31 heavy (non-hydrogen) atoms. The van der Waals surface area contributed by atoms with Crippen LogP contribution in [0.25, 0.3) is 11.1 Å². The van der Waals surface area contributed by atoms with Crippen LogP contribution in [0.3, 0.4) is 0 Å². The van der Waals surface area contributed by atoms with Gasteiger partial charge in [-0.3, -0.25) is 14.4 Å². The molecule has 0 saturated carbocycles. The number of halogens is 1. The van der Waals surface area contributed by atoms with E-state index >= 15 is 0 Å². The number of carbonyl (C=O) groups is 3. The number of nitrogens with one attached hydrogen (secondary N) is 3. The molecule has 0 aliphatic carbocycles. The Bertz CT molecular complexity index is 1190. The van der Waals surface area contributed by atoms with Crippen molar-refractivity contribution in [2.75, 3.05) is 16.0 Å². The molecule has 1 aromatic heterocycles. The molecule has 1 atom stereocenters. The summed E-state index contributed by atoms with van der Waals surface area (Å²) in [5.74, 6) is -0.590. The number of Topliss-reactive ketones (excluding diaryl/α,β-unsaturated/α-hetero) is 1. The van der Waals surface area contributed by atoms with Crippen LogP contribution in [-0.4, -0.2) is 23.0 Å². The summed E-state index contributed by atoms with van der Waals surface area (Å²) in [4.78, 5) is 37.6. The lowest BCUT2D eigenvalue weighted by Crippen LogP contribution is -2.29. The number of hydrogen-bond acceptors (Lipinski definition) is 6. The zero-order chi connectivity index (χ0) is 22.1. The van der Waals surface area contributed by atoms with E-state index in [1.54, 1.807) is 18.2 Å². The minimum Gasteiger partial charge on any atom is -0.364 e. The van der Waals surface area contributed by atoms with Crippen molar-refractivity contribution in [3.8, 4) is 11.1 Å². The number of hydrogen-bond donors (Lipinski definition) is 3. The molecule has 3 aromatic rings. The van der Waals surface area contributed by atoms with Crippen molar-refractivity contribution in [1.29, 1.82) is 0 Å². The predicted molar refractivity (Wildman–Crippen MR) is 127 cm³/mol. The third-order valence-electron chi connectivity index (χ3n) is 4.62. The van der Waals surface area contributed by atoms with Gasteiger partial charge >= 0.3 is 0 Å². The smallest absolute Gasteiger partial charge is 0.258 e. The van der Waals surface area contributed by atoms with Crippen molar-refractivity contribution in [3.05, 3.63) is 58.4 Å². The average molecular weight is 472 g/mol. The molecule has 3 N–H and O–H groups in total. The summed E-state index contributed by atoms with van der Waals surface area (Å²) in [6, 6.07) is 12.7. The van der Waals surface area contributed by atoms with Crippen LogP contribution in [0.4, 0.5) is 16.4 Å². The SMILES string of the molecule is CC(=O)Nc1cccc2c1SC(C(=O)Nc1scc(-c3ccc(Cl)cc3)c1C(C)=O)N2. The van der Waals surface area contributed by atoms with Gasteiger partial charge in [0.15, 0.2) is 11.2 Å². The normalized spacial score (nSPS) is 14.5. The molecule has 6 nitrogen and oxygen atoms in total. The van der Waals surface area contributed by atoms with Crippen molar-refractivity contribution >= 4 is 68.7 Å². The molecule has 1 aliphatic rings. The number of thiophene rings is 1. The van der Waals surface area contributed by atoms with Crippen LogP contribution in [0.2, 0.25) is 5.02 Å². The van der Waals surface area contributed by atoms with Gasteiger partial charge in [0.05, 0.1) is 21.8 Å². The highest BCUT2D eigenvalue weighted by Gasteiger charge is 2.31. The summed E-state index contributed by atoms with van der Waals surface area (Å²) in [6.45, 7) is 2.92.